The van der Waals surface area contributed by atoms with E-state index in [4.69, 9.17) is 5.73 Å². The van der Waals surface area contributed by atoms with Crippen LogP contribution in [-0.2, 0) is 0 Å². The van der Waals surface area contributed by atoms with Gasteiger partial charge in [-0.25, -0.2) is 4.39 Å². The number of nitrogens with zero attached hydrogens (tertiary/aromatic N) is 1. The Bertz CT molecular complexity index is 537. The molecule has 1 atom stereocenters. The van der Waals surface area contributed by atoms with Crippen molar-refractivity contribution in [2.24, 2.45) is 5.73 Å². The molecule has 0 bridgehead atoms. The number of halogens is 1. The molecule has 2 N–H and O–H groups in total. The van der Waals surface area contributed by atoms with Crippen molar-refractivity contribution < 1.29 is 4.39 Å². The second kappa shape index (κ2) is 4.63. The highest BCUT2D eigenvalue weighted by Gasteiger charge is 2.13. The average Bonchev–Trinajstić information content (AvgIpc) is 2.31. The third kappa shape index (κ3) is 2.50. The van der Waals surface area contributed by atoms with Gasteiger partial charge in [-0.2, -0.15) is 0 Å². The summed E-state index contributed by atoms with van der Waals surface area (Å²) in [5, 5.41) is 0. The predicted molar refractivity (Wildman–Crippen MR) is 66.1 cm³/mol. The minimum absolute atomic E-state index is 0.270. The minimum atomic E-state index is -0.384. The summed E-state index contributed by atoms with van der Waals surface area (Å²) >= 11 is 0. The summed E-state index contributed by atoms with van der Waals surface area (Å²) in [4.78, 5) is 4.24. The molecule has 3 heteroatoms. The van der Waals surface area contributed by atoms with Crippen molar-refractivity contribution in [2.45, 2.75) is 19.9 Å². The van der Waals surface area contributed by atoms with Crippen LogP contribution in [0.4, 0.5) is 4.39 Å². The van der Waals surface area contributed by atoms with E-state index >= 15 is 0 Å². The van der Waals surface area contributed by atoms with Gasteiger partial charge in [-0.05, 0) is 54.8 Å². The Morgan fingerprint density at radius 3 is 2.65 bits per heavy atom. The van der Waals surface area contributed by atoms with Gasteiger partial charge in [0, 0.05) is 6.20 Å². The highest BCUT2D eigenvalue weighted by atomic mass is 19.1. The zero-order valence-electron chi connectivity index (χ0n) is 9.94. The van der Waals surface area contributed by atoms with Crippen LogP contribution in [0.25, 0.3) is 0 Å². The quantitative estimate of drug-likeness (QED) is 0.861. The molecule has 0 saturated heterocycles. The molecule has 17 heavy (non-hydrogen) atoms. The van der Waals surface area contributed by atoms with E-state index in [1.165, 1.54) is 12.1 Å². The molecule has 0 aliphatic rings. The highest BCUT2D eigenvalue weighted by molar-refractivity contribution is 5.35. The largest absolute Gasteiger partial charge is 0.319 e. The van der Waals surface area contributed by atoms with Crippen LogP contribution >= 0.6 is 0 Å². The van der Waals surface area contributed by atoms with Gasteiger partial charge in [0.25, 0.3) is 0 Å². The highest BCUT2D eigenvalue weighted by Crippen LogP contribution is 2.22. The SMILES string of the molecule is Cc1ccnc(C(N)c2cc(F)ccc2C)c1. The molecule has 1 heterocycles. The summed E-state index contributed by atoms with van der Waals surface area (Å²) in [6.45, 7) is 3.90. The number of rotatable bonds is 2. The third-order valence-electron chi connectivity index (χ3n) is 2.83. The fourth-order valence-electron chi connectivity index (χ4n) is 1.84. The summed E-state index contributed by atoms with van der Waals surface area (Å²) in [5.41, 5.74) is 9.74. The van der Waals surface area contributed by atoms with E-state index in [1.54, 1.807) is 12.3 Å². The molecule has 0 spiro atoms. The fourth-order valence-corrected chi connectivity index (χ4v) is 1.84. The van der Waals surface area contributed by atoms with Gasteiger partial charge in [0.2, 0.25) is 0 Å². The van der Waals surface area contributed by atoms with E-state index in [1.807, 2.05) is 26.0 Å². The Morgan fingerprint density at radius 1 is 1.18 bits per heavy atom. The first-order chi connectivity index (χ1) is 8.08. The molecule has 2 nitrogen and oxygen atoms in total. The van der Waals surface area contributed by atoms with E-state index in [2.05, 4.69) is 4.98 Å². The lowest BCUT2D eigenvalue weighted by Gasteiger charge is -2.14. The topological polar surface area (TPSA) is 38.9 Å². The van der Waals surface area contributed by atoms with Crippen molar-refractivity contribution in [1.29, 1.82) is 0 Å². The molecule has 0 amide bonds. The molecule has 1 aromatic heterocycles. The summed E-state index contributed by atoms with van der Waals surface area (Å²) < 4.78 is 13.2. The van der Waals surface area contributed by atoms with Gasteiger partial charge in [0.1, 0.15) is 5.82 Å². The van der Waals surface area contributed by atoms with Gasteiger partial charge in [-0.15, -0.1) is 0 Å². The average molecular weight is 230 g/mol. The number of benzene rings is 1. The monoisotopic (exact) mass is 230 g/mol. The maximum Gasteiger partial charge on any atom is 0.123 e. The lowest BCUT2D eigenvalue weighted by molar-refractivity contribution is 0.622. The maximum absolute atomic E-state index is 13.2. The summed E-state index contributed by atoms with van der Waals surface area (Å²) in [6.07, 6.45) is 1.72. The number of aryl methyl sites for hydroxylation is 2. The van der Waals surface area contributed by atoms with Crippen LogP contribution in [-0.4, -0.2) is 4.98 Å². The molecule has 0 aliphatic carbocycles. The summed E-state index contributed by atoms with van der Waals surface area (Å²) in [7, 11) is 0. The Morgan fingerprint density at radius 2 is 1.94 bits per heavy atom. The van der Waals surface area contributed by atoms with Crippen molar-refractivity contribution >= 4 is 0 Å². The van der Waals surface area contributed by atoms with Crippen LogP contribution in [0.3, 0.4) is 0 Å². The molecular formula is C14H15FN2. The fraction of sp³-hybridized carbons (Fsp3) is 0.214. The first kappa shape index (κ1) is 11.7. The van der Waals surface area contributed by atoms with E-state index in [0.717, 1.165) is 22.4 Å². The summed E-state index contributed by atoms with van der Waals surface area (Å²) in [6, 6.07) is 8.11. The van der Waals surface area contributed by atoms with E-state index < -0.39 is 0 Å². The smallest absolute Gasteiger partial charge is 0.123 e. The molecule has 88 valence electrons. The third-order valence-corrected chi connectivity index (χ3v) is 2.83. The van der Waals surface area contributed by atoms with Crippen molar-refractivity contribution in [3.63, 3.8) is 0 Å². The number of hydrogen-bond donors (Lipinski definition) is 1. The molecule has 1 aromatic carbocycles. The lowest BCUT2D eigenvalue weighted by atomic mass is 9.98. The Balaban J connectivity index is 2.43. The second-order valence-electron chi connectivity index (χ2n) is 4.24. The molecular weight excluding hydrogens is 215 g/mol. The molecule has 2 rings (SSSR count). The van der Waals surface area contributed by atoms with Gasteiger partial charge in [0.15, 0.2) is 0 Å². The number of hydrogen-bond acceptors (Lipinski definition) is 2. The zero-order chi connectivity index (χ0) is 12.4. The Labute approximate surface area is 100 Å². The van der Waals surface area contributed by atoms with Crippen LogP contribution in [0.1, 0.15) is 28.4 Å². The van der Waals surface area contributed by atoms with Crippen LogP contribution < -0.4 is 5.73 Å². The zero-order valence-corrected chi connectivity index (χ0v) is 9.94. The van der Waals surface area contributed by atoms with Crippen LogP contribution in [0.2, 0.25) is 0 Å². The molecule has 0 aliphatic heterocycles. The van der Waals surface area contributed by atoms with Crippen molar-refractivity contribution in [1.82, 2.24) is 4.98 Å². The molecule has 0 radical (unpaired) electrons. The Kier molecular flexibility index (Phi) is 3.20. The minimum Gasteiger partial charge on any atom is -0.319 e. The molecule has 0 fully saturated rings. The van der Waals surface area contributed by atoms with Crippen LogP contribution in [0, 0.1) is 19.7 Å². The van der Waals surface area contributed by atoms with Crippen LogP contribution in [0.5, 0.6) is 0 Å². The number of nitrogens with two attached hydrogens (primary N) is 1. The van der Waals surface area contributed by atoms with Crippen molar-refractivity contribution in [3.8, 4) is 0 Å². The maximum atomic E-state index is 13.2. The van der Waals surface area contributed by atoms with Gasteiger partial charge < -0.3 is 5.73 Å². The van der Waals surface area contributed by atoms with Crippen molar-refractivity contribution in [2.75, 3.05) is 0 Å². The van der Waals surface area contributed by atoms with E-state index in [-0.39, 0.29) is 11.9 Å². The molecule has 1 unspecified atom stereocenters. The van der Waals surface area contributed by atoms with Gasteiger partial charge >= 0.3 is 0 Å². The van der Waals surface area contributed by atoms with E-state index in [9.17, 15) is 4.39 Å². The first-order valence-electron chi connectivity index (χ1n) is 5.52. The first-order valence-corrected chi connectivity index (χ1v) is 5.52. The lowest BCUT2D eigenvalue weighted by Crippen LogP contribution is -2.15. The molecule has 0 saturated carbocycles. The second-order valence-corrected chi connectivity index (χ2v) is 4.24. The standard InChI is InChI=1S/C14H15FN2/c1-9-5-6-17-13(7-9)14(16)12-8-11(15)4-3-10(12)2/h3-8,14H,16H2,1-2H3. The van der Waals surface area contributed by atoms with Crippen molar-refractivity contribution in [3.05, 3.63) is 64.7 Å². The number of aromatic nitrogens is 1. The number of pyridine rings is 1. The van der Waals surface area contributed by atoms with Gasteiger partial charge in [-0.1, -0.05) is 6.07 Å². The van der Waals surface area contributed by atoms with Gasteiger partial charge in [-0.3, -0.25) is 4.98 Å². The predicted octanol–water partition coefficient (Wildman–Crippen LogP) is 2.89. The van der Waals surface area contributed by atoms with E-state index in [0.29, 0.717) is 0 Å². The summed E-state index contributed by atoms with van der Waals surface area (Å²) in [5.74, 6) is -0.270. The molecule has 2 aromatic rings. The normalized spacial score (nSPS) is 12.5. The van der Waals surface area contributed by atoms with Gasteiger partial charge in [0.05, 0.1) is 11.7 Å². The van der Waals surface area contributed by atoms with Crippen LogP contribution in [0.15, 0.2) is 36.5 Å². The Hall–Kier alpha value is -1.74.